The lowest BCUT2D eigenvalue weighted by Crippen LogP contribution is -2.52. The van der Waals surface area contributed by atoms with E-state index in [1.165, 1.54) is 10.4 Å². The number of benzene rings is 1. The quantitative estimate of drug-likeness (QED) is 0.682. The van der Waals surface area contributed by atoms with E-state index in [2.05, 4.69) is 56.7 Å². The third kappa shape index (κ3) is 4.65. The Labute approximate surface area is 164 Å². The van der Waals surface area contributed by atoms with Crippen molar-refractivity contribution < 1.29 is 5.11 Å². The second-order valence-corrected chi connectivity index (χ2v) is 8.10. The van der Waals surface area contributed by atoms with Crippen molar-refractivity contribution >= 4 is 11.3 Å². The molecule has 5 nitrogen and oxygen atoms in total. The van der Waals surface area contributed by atoms with Gasteiger partial charge < -0.3 is 5.11 Å². The van der Waals surface area contributed by atoms with E-state index in [0.717, 1.165) is 44.8 Å². The highest BCUT2D eigenvalue weighted by Gasteiger charge is 2.26. The number of aromatic nitrogens is 2. The average Bonchev–Trinajstić information content (AvgIpc) is 3.38. The Bertz CT molecular complexity index is 819. The summed E-state index contributed by atoms with van der Waals surface area (Å²) in [5.74, 6) is 0. The van der Waals surface area contributed by atoms with Crippen LogP contribution in [0.1, 0.15) is 16.9 Å². The number of hydrogen-bond donors (Lipinski definition) is 1. The Morgan fingerprint density at radius 2 is 2.07 bits per heavy atom. The molecule has 1 aliphatic rings. The first-order valence-electron chi connectivity index (χ1n) is 9.50. The van der Waals surface area contributed by atoms with Gasteiger partial charge in [0.1, 0.15) is 0 Å². The van der Waals surface area contributed by atoms with E-state index in [0.29, 0.717) is 6.04 Å². The van der Waals surface area contributed by atoms with Crippen molar-refractivity contribution in [2.45, 2.75) is 25.6 Å². The second kappa shape index (κ2) is 8.80. The van der Waals surface area contributed by atoms with Crippen LogP contribution in [-0.4, -0.2) is 57.0 Å². The highest BCUT2D eigenvalue weighted by Crippen LogP contribution is 2.21. The molecule has 2 aromatic heterocycles. The molecule has 142 valence electrons. The minimum absolute atomic E-state index is 0.244. The molecule has 1 aliphatic heterocycles. The molecule has 1 N–H and O–H groups in total. The summed E-state index contributed by atoms with van der Waals surface area (Å²) in [6.07, 6.45) is 4.61. The summed E-state index contributed by atoms with van der Waals surface area (Å²) in [7, 11) is 0. The van der Waals surface area contributed by atoms with Crippen LogP contribution in [0.4, 0.5) is 0 Å². The predicted octanol–water partition coefficient (Wildman–Crippen LogP) is 3.00. The Morgan fingerprint density at radius 1 is 1.11 bits per heavy atom. The third-order valence-corrected chi connectivity index (χ3v) is 6.04. The van der Waals surface area contributed by atoms with E-state index in [-0.39, 0.29) is 6.61 Å². The lowest BCUT2D eigenvalue weighted by atomic mass is 10.1. The van der Waals surface area contributed by atoms with Gasteiger partial charge >= 0.3 is 0 Å². The normalized spacial score (nSPS) is 18.8. The summed E-state index contributed by atoms with van der Waals surface area (Å²) in [6, 6.07) is 15.3. The van der Waals surface area contributed by atoms with Crippen LogP contribution in [0, 0.1) is 0 Å². The third-order valence-electron chi connectivity index (χ3n) is 5.18. The minimum Gasteiger partial charge on any atom is -0.396 e. The lowest BCUT2D eigenvalue weighted by molar-refractivity contribution is 0.0506. The van der Waals surface area contributed by atoms with Gasteiger partial charge in [0, 0.05) is 62.6 Å². The molecule has 1 atom stereocenters. The predicted molar refractivity (Wildman–Crippen MR) is 109 cm³/mol. The fourth-order valence-electron chi connectivity index (χ4n) is 3.81. The number of nitrogens with zero attached hydrogens (tertiary/aromatic N) is 4. The van der Waals surface area contributed by atoms with Crippen LogP contribution >= 0.6 is 11.3 Å². The number of thiophene rings is 1. The molecule has 1 unspecified atom stereocenters. The van der Waals surface area contributed by atoms with Crippen molar-refractivity contribution in [3.8, 4) is 5.69 Å². The maximum absolute atomic E-state index is 9.53. The molecule has 3 heterocycles. The molecule has 0 aliphatic carbocycles. The topological polar surface area (TPSA) is 44.5 Å². The molecule has 1 fully saturated rings. The van der Waals surface area contributed by atoms with Crippen molar-refractivity contribution in [1.82, 2.24) is 19.6 Å². The fraction of sp³-hybridized carbons (Fsp3) is 0.381. The first kappa shape index (κ1) is 18.4. The minimum atomic E-state index is 0.244. The van der Waals surface area contributed by atoms with Gasteiger partial charge in [-0.15, -0.1) is 11.3 Å². The van der Waals surface area contributed by atoms with Crippen LogP contribution in [0.2, 0.25) is 0 Å². The Balaban J connectivity index is 1.41. The number of hydrogen-bond acceptors (Lipinski definition) is 5. The molecule has 4 rings (SSSR count). The zero-order valence-corrected chi connectivity index (χ0v) is 16.3. The first-order valence-corrected chi connectivity index (χ1v) is 10.4. The number of rotatable bonds is 7. The smallest absolute Gasteiger partial charge is 0.0648 e. The van der Waals surface area contributed by atoms with Crippen molar-refractivity contribution in [1.29, 1.82) is 0 Å². The standard InChI is InChI=1S/C21H26N4OS/c26-12-7-20-16-23(10-11-24(20)17-21-6-2-13-27-21)15-18-4-1-5-19(14-18)25-9-3-8-22-25/h1-6,8-9,13-14,20,26H,7,10-12,15-17H2. The van der Waals surface area contributed by atoms with Gasteiger partial charge in [-0.05, 0) is 41.6 Å². The summed E-state index contributed by atoms with van der Waals surface area (Å²) in [4.78, 5) is 6.44. The van der Waals surface area contributed by atoms with Crippen LogP contribution in [0.3, 0.4) is 0 Å². The summed E-state index contributed by atoms with van der Waals surface area (Å²) in [5.41, 5.74) is 2.40. The first-order chi connectivity index (χ1) is 13.3. The molecular formula is C21H26N4OS. The van der Waals surface area contributed by atoms with Crippen LogP contribution in [-0.2, 0) is 13.1 Å². The molecular weight excluding hydrogens is 356 g/mol. The van der Waals surface area contributed by atoms with Crippen molar-refractivity contribution in [3.63, 3.8) is 0 Å². The largest absolute Gasteiger partial charge is 0.396 e. The van der Waals surface area contributed by atoms with E-state index in [1.807, 2.05) is 28.3 Å². The van der Waals surface area contributed by atoms with Gasteiger partial charge in [-0.3, -0.25) is 9.80 Å². The molecule has 6 heteroatoms. The molecule has 0 spiro atoms. The maximum atomic E-state index is 9.53. The van der Waals surface area contributed by atoms with Gasteiger partial charge in [0.2, 0.25) is 0 Å². The van der Waals surface area contributed by atoms with Gasteiger partial charge in [0.05, 0.1) is 5.69 Å². The van der Waals surface area contributed by atoms with Crippen molar-refractivity contribution in [2.24, 2.45) is 0 Å². The van der Waals surface area contributed by atoms with E-state index in [9.17, 15) is 5.11 Å². The van der Waals surface area contributed by atoms with Gasteiger partial charge in [-0.25, -0.2) is 4.68 Å². The van der Waals surface area contributed by atoms with Gasteiger partial charge in [-0.2, -0.15) is 5.10 Å². The lowest BCUT2D eigenvalue weighted by Gasteiger charge is -2.41. The molecule has 3 aromatic rings. The molecule has 27 heavy (non-hydrogen) atoms. The average molecular weight is 383 g/mol. The van der Waals surface area contributed by atoms with Crippen LogP contribution < -0.4 is 0 Å². The van der Waals surface area contributed by atoms with Crippen LogP contribution in [0.5, 0.6) is 0 Å². The summed E-state index contributed by atoms with van der Waals surface area (Å²) in [6.45, 7) is 5.27. The van der Waals surface area contributed by atoms with E-state index in [4.69, 9.17) is 0 Å². The maximum Gasteiger partial charge on any atom is 0.0648 e. The number of aliphatic hydroxyl groups excluding tert-OH is 1. The SMILES string of the molecule is OCCC1CN(Cc2cccc(-n3cccn3)c2)CCN1Cc1cccs1. The zero-order valence-electron chi connectivity index (χ0n) is 15.4. The van der Waals surface area contributed by atoms with E-state index < -0.39 is 0 Å². The summed E-state index contributed by atoms with van der Waals surface area (Å²) >= 11 is 1.81. The summed E-state index contributed by atoms with van der Waals surface area (Å²) < 4.78 is 1.90. The van der Waals surface area contributed by atoms with Gasteiger partial charge in [0.25, 0.3) is 0 Å². The van der Waals surface area contributed by atoms with Crippen LogP contribution in [0.25, 0.3) is 5.69 Å². The highest BCUT2D eigenvalue weighted by atomic mass is 32.1. The van der Waals surface area contributed by atoms with Gasteiger partial charge in [0.15, 0.2) is 0 Å². The molecule has 0 bridgehead atoms. The van der Waals surface area contributed by atoms with Crippen molar-refractivity contribution in [3.05, 3.63) is 70.7 Å². The van der Waals surface area contributed by atoms with Crippen LogP contribution in [0.15, 0.2) is 60.2 Å². The monoisotopic (exact) mass is 382 g/mol. The highest BCUT2D eigenvalue weighted by molar-refractivity contribution is 7.09. The summed E-state index contributed by atoms with van der Waals surface area (Å²) in [5, 5.41) is 16.0. The molecule has 0 amide bonds. The van der Waals surface area contributed by atoms with E-state index in [1.54, 1.807) is 6.20 Å². The number of piperazine rings is 1. The fourth-order valence-corrected chi connectivity index (χ4v) is 4.54. The van der Waals surface area contributed by atoms with E-state index >= 15 is 0 Å². The number of aliphatic hydroxyl groups is 1. The van der Waals surface area contributed by atoms with Crippen molar-refractivity contribution in [2.75, 3.05) is 26.2 Å². The zero-order chi connectivity index (χ0) is 18.5. The molecule has 0 saturated carbocycles. The molecule has 1 aromatic carbocycles. The molecule has 1 saturated heterocycles. The Kier molecular flexibility index (Phi) is 5.99. The second-order valence-electron chi connectivity index (χ2n) is 7.07. The molecule has 0 radical (unpaired) electrons. The Hall–Kier alpha value is -1.99. The Morgan fingerprint density at radius 3 is 2.85 bits per heavy atom. The van der Waals surface area contributed by atoms with Gasteiger partial charge in [-0.1, -0.05) is 18.2 Å².